The highest BCUT2D eigenvalue weighted by atomic mass is 32.2. The van der Waals surface area contributed by atoms with Gasteiger partial charge in [-0.05, 0) is 36.4 Å². The molecule has 0 bridgehead atoms. The van der Waals surface area contributed by atoms with Crippen LogP contribution in [0, 0.1) is 5.82 Å². The molecule has 3 aromatic rings. The maximum absolute atomic E-state index is 13.3. The third-order valence-corrected chi connectivity index (χ3v) is 4.73. The van der Waals surface area contributed by atoms with E-state index in [0.717, 1.165) is 0 Å². The number of halogens is 1. The third kappa shape index (κ3) is 3.71. The Labute approximate surface area is 159 Å². The average molecular weight is 406 g/mol. The monoisotopic (exact) mass is 406 g/mol. The Hall–Kier alpha value is -3.28. The Morgan fingerprint density at radius 1 is 1.21 bits per heavy atom. The molecule has 4 N–H and O–H groups in total. The molecule has 0 fully saturated rings. The van der Waals surface area contributed by atoms with Crippen molar-refractivity contribution < 1.29 is 27.2 Å². The fraction of sp³-hybridized carbons (Fsp3) is 0.0588. The Morgan fingerprint density at radius 3 is 2.46 bits per heavy atom. The van der Waals surface area contributed by atoms with Gasteiger partial charge in [0.15, 0.2) is 5.76 Å². The second-order valence-electron chi connectivity index (χ2n) is 5.59. The van der Waals surface area contributed by atoms with Gasteiger partial charge >= 0.3 is 12.0 Å². The predicted molar refractivity (Wildman–Crippen MR) is 97.4 cm³/mol. The van der Waals surface area contributed by atoms with Gasteiger partial charge in [-0.3, -0.25) is 5.21 Å². The molecule has 2 aromatic carbocycles. The molecule has 1 heterocycles. The van der Waals surface area contributed by atoms with Crippen LogP contribution in [0.4, 0.5) is 15.2 Å². The van der Waals surface area contributed by atoms with Crippen molar-refractivity contribution in [3.63, 3.8) is 0 Å². The number of benzene rings is 2. The van der Waals surface area contributed by atoms with Crippen LogP contribution < -0.4 is 15.5 Å². The molecule has 0 spiro atoms. The second-order valence-corrected chi connectivity index (χ2v) is 7.12. The summed E-state index contributed by atoms with van der Waals surface area (Å²) in [4.78, 5) is 15.5. The molecule has 0 atom stereocenters. The van der Waals surface area contributed by atoms with Crippen LogP contribution >= 0.6 is 0 Å². The highest BCUT2D eigenvalue weighted by Crippen LogP contribution is 2.38. The summed E-state index contributed by atoms with van der Waals surface area (Å²) in [7, 11) is -2.84. The number of urea groups is 1. The van der Waals surface area contributed by atoms with Crippen molar-refractivity contribution >= 4 is 22.1 Å². The van der Waals surface area contributed by atoms with Crippen LogP contribution in [0.2, 0.25) is 0 Å². The number of carbonyl (C=O) groups excluding carboxylic acids is 1. The van der Waals surface area contributed by atoms with Crippen molar-refractivity contribution in [1.82, 2.24) is 10.3 Å². The molecule has 0 unspecified atom stereocenters. The molecule has 3 rings (SSSR count). The Bertz CT molecular complexity index is 1130. The molecule has 1 aromatic heterocycles. The van der Waals surface area contributed by atoms with Gasteiger partial charge in [0.05, 0.1) is 4.90 Å². The first kappa shape index (κ1) is 19.5. The number of sulfonamides is 1. The van der Waals surface area contributed by atoms with Crippen LogP contribution in [0.3, 0.4) is 0 Å². The predicted octanol–water partition coefficient (Wildman–Crippen LogP) is 2.33. The Morgan fingerprint density at radius 2 is 1.86 bits per heavy atom. The van der Waals surface area contributed by atoms with Crippen LogP contribution in [-0.4, -0.2) is 31.7 Å². The summed E-state index contributed by atoms with van der Waals surface area (Å²) in [5.74, 6) is -0.567. The van der Waals surface area contributed by atoms with Crippen LogP contribution in [0.5, 0.6) is 0 Å². The number of anilines is 1. The molecule has 11 heteroatoms. The first-order chi connectivity index (χ1) is 13.2. The van der Waals surface area contributed by atoms with E-state index in [9.17, 15) is 22.8 Å². The number of nitrogens with two attached hydrogens (primary N) is 1. The van der Waals surface area contributed by atoms with E-state index in [1.807, 2.05) is 0 Å². The summed E-state index contributed by atoms with van der Waals surface area (Å²) < 4.78 is 42.7. The minimum atomic E-state index is -4.12. The van der Waals surface area contributed by atoms with E-state index in [1.54, 1.807) is 6.07 Å². The fourth-order valence-corrected chi connectivity index (χ4v) is 3.22. The van der Waals surface area contributed by atoms with Crippen LogP contribution in [-0.2, 0) is 10.0 Å². The molecule has 0 saturated heterocycles. The van der Waals surface area contributed by atoms with Gasteiger partial charge in [0.1, 0.15) is 11.5 Å². The minimum absolute atomic E-state index is 0.0633. The number of hydrogen-bond acceptors (Lipinski definition) is 6. The second kappa shape index (κ2) is 7.38. The lowest BCUT2D eigenvalue weighted by atomic mass is 10.1. The number of oxazole rings is 1. The van der Waals surface area contributed by atoms with Gasteiger partial charge in [-0.1, -0.05) is 12.1 Å². The number of nitrogens with zero attached hydrogens (tertiary/aromatic N) is 2. The maximum Gasteiger partial charge on any atom is 0.349 e. The zero-order valence-corrected chi connectivity index (χ0v) is 15.3. The average Bonchev–Trinajstić information content (AvgIpc) is 3.12. The van der Waals surface area contributed by atoms with Gasteiger partial charge in [-0.15, -0.1) is 5.06 Å². The molecule has 0 aliphatic carbocycles. The Balaban J connectivity index is 2.27. The fourth-order valence-electron chi connectivity index (χ4n) is 2.48. The number of rotatable bonds is 4. The number of amides is 2. The summed E-state index contributed by atoms with van der Waals surface area (Å²) in [5, 5.41) is 17.5. The summed E-state index contributed by atoms with van der Waals surface area (Å²) in [6.07, 6.45) is 0. The van der Waals surface area contributed by atoms with Crippen molar-refractivity contribution in [2.45, 2.75) is 4.90 Å². The van der Waals surface area contributed by atoms with Crippen molar-refractivity contribution in [2.75, 3.05) is 12.1 Å². The van der Waals surface area contributed by atoms with Gasteiger partial charge in [0.25, 0.3) is 0 Å². The lowest BCUT2D eigenvalue weighted by molar-refractivity contribution is 0.197. The first-order valence-electron chi connectivity index (χ1n) is 7.82. The summed E-state index contributed by atoms with van der Waals surface area (Å²) in [5.41, 5.74) is 0.503. The maximum atomic E-state index is 13.3. The molecule has 9 nitrogen and oxygen atoms in total. The molecule has 2 amide bonds. The summed E-state index contributed by atoms with van der Waals surface area (Å²) >= 11 is 0. The molecule has 146 valence electrons. The minimum Gasteiger partial charge on any atom is -0.421 e. The lowest BCUT2D eigenvalue weighted by Gasteiger charge is -2.08. The molecular formula is C17H15FN4O5S. The van der Waals surface area contributed by atoms with Gasteiger partial charge in [-0.25, -0.2) is 22.7 Å². The summed E-state index contributed by atoms with van der Waals surface area (Å²) in [6, 6.07) is 9.41. The third-order valence-electron chi connectivity index (χ3n) is 3.76. The van der Waals surface area contributed by atoms with Gasteiger partial charge in [0, 0.05) is 18.2 Å². The van der Waals surface area contributed by atoms with Crippen LogP contribution in [0.15, 0.2) is 57.8 Å². The van der Waals surface area contributed by atoms with Gasteiger partial charge in [-0.2, -0.15) is 4.98 Å². The zero-order chi connectivity index (χ0) is 20.5. The standard InChI is InChI=1S/C17H15FN4O5S/c1-20-16(23)22(24)17-21-14(10-6-8-11(18)9-7-10)15(27-17)12-4-2-3-5-13(12)28(19,25)26/h2-9,24H,1H3,(H,20,23)(H2,19,25,26). The molecule has 0 aliphatic rings. The highest BCUT2D eigenvalue weighted by molar-refractivity contribution is 7.89. The molecule has 0 saturated carbocycles. The van der Waals surface area contributed by atoms with E-state index in [1.165, 1.54) is 49.5 Å². The zero-order valence-electron chi connectivity index (χ0n) is 14.5. The quantitative estimate of drug-likeness (QED) is 0.449. The number of primary sulfonamides is 1. The lowest BCUT2D eigenvalue weighted by Crippen LogP contribution is -2.35. The normalized spacial score (nSPS) is 11.3. The largest absolute Gasteiger partial charge is 0.421 e. The van der Waals surface area contributed by atoms with E-state index >= 15 is 0 Å². The van der Waals surface area contributed by atoms with E-state index in [2.05, 4.69) is 10.3 Å². The SMILES string of the molecule is CNC(=O)N(O)c1nc(-c2ccc(F)cc2)c(-c2ccccc2S(N)(=O)=O)o1. The van der Waals surface area contributed by atoms with Crippen molar-refractivity contribution in [3.8, 4) is 22.6 Å². The molecular weight excluding hydrogens is 391 g/mol. The van der Waals surface area contributed by atoms with Crippen LogP contribution in [0.1, 0.15) is 0 Å². The van der Waals surface area contributed by atoms with Gasteiger partial charge in [0.2, 0.25) is 10.0 Å². The van der Waals surface area contributed by atoms with Crippen molar-refractivity contribution in [1.29, 1.82) is 0 Å². The van der Waals surface area contributed by atoms with E-state index in [-0.39, 0.29) is 27.0 Å². The van der Waals surface area contributed by atoms with Crippen molar-refractivity contribution in [3.05, 3.63) is 54.3 Å². The number of nitrogens with one attached hydrogen (secondary N) is 1. The molecule has 0 aliphatic heterocycles. The number of hydrogen-bond donors (Lipinski definition) is 3. The van der Waals surface area contributed by atoms with Gasteiger partial charge < -0.3 is 9.73 Å². The van der Waals surface area contributed by atoms with Crippen molar-refractivity contribution in [2.24, 2.45) is 5.14 Å². The Kier molecular flexibility index (Phi) is 5.14. The molecule has 0 radical (unpaired) electrons. The van der Waals surface area contributed by atoms with Crippen LogP contribution in [0.25, 0.3) is 22.6 Å². The summed E-state index contributed by atoms with van der Waals surface area (Å²) in [6.45, 7) is 0. The number of hydroxylamine groups is 1. The van der Waals surface area contributed by atoms with E-state index in [0.29, 0.717) is 5.56 Å². The van der Waals surface area contributed by atoms with E-state index < -0.39 is 27.9 Å². The first-order valence-corrected chi connectivity index (χ1v) is 9.36. The smallest absolute Gasteiger partial charge is 0.349 e. The number of carbonyl (C=O) groups is 1. The topological polar surface area (TPSA) is 139 Å². The highest BCUT2D eigenvalue weighted by Gasteiger charge is 2.26. The number of aromatic nitrogens is 1. The van der Waals surface area contributed by atoms with E-state index in [4.69, 9.17) is 9.56 Å². The molecule has 28 heavy (non-hydrogen) atoms.